The second-order valence-corrected chi connectivity index (χ2v) is 7.00. The predicted octanol–water partition coefficient (Wildman–Crippen LogP) is 4.14. The van der Waals surface area contributed by atoms with Crippen LogP contribution in [0, 0.1) is 0 Å². The topological polar surface area (TPSA) is 106 Å². The molecule has 0 saturated carbocycles. The molecule has 10 heteroatoms. The average molecular weight is 425 g/mol. The van der Waals surface area contributed by atoms with E-state index in [1.54, 1.807) is 18.3 Å². The first-order valence-corrected chi connectivity index (χ1v) is 9.21. The number of hydrogen-bond acceptors (Lipinski definition) is 5. The van der Waals surface area contributed by atoms with Crippen molar-refractivity contribution in [2.75, 3.05) is 5.32 Å². The summed E-state index contributed by atoms with van der Waals surface area (Å²) in [6.45, 7) is 0. The van der Waals surface area contributed by atoms with Crippen molar-refractivity contribution in [3.05, 3.63) is 71.5 Å². The molecule has 31 heavy (non-hydrogen) atoms. The van der Waals surface area contributed by atoms with Crippen LogP contribution in [0.4, 0.5) is 18.9 Å². The van der Waals surface area contributed by atoms with Crippen molar-refractivity contribution in [2.45, 2.75) is 12.4 Å². The number of H-pyrrole nitrogens is 1. The summed E-state index contributed by atoms with van der Waals surface area (Å²) in [5.74, 6) is -1.02. The van der Waals surface area contributed by atoms with Crippen LogP contribution in [0.2, 0.25) is 0 Å². The summed E-state index contributed by atoms with van der Waals surface area (Å²) in [4.78, 5) is 15.1. The fraction of sp³-hybridized carbons (Fsp3) is 0.0952. The van der Waals surface area contributed by atoms with Crippen LogP contribution >= 0.6 is 0 Å². The molecule has 3 heterocycles. The maximum Gasteiger partial charge on any atom is 0.573 e. The van der Waals surface area contributed by atoms with Gasteiger partial charge in [0.05, 0.1) is 6.04 Å². The summed E-state index contributed by atoms with van der Waals surface area (Å²) < 4.78 is 41.5. The Morgan fingerprint density at radius 2 is 1.81 bits per heavy atom. The molecule has 2 aromatic carbocycles. The lowest BCUT2D eigenvalue weighted by atomic mass is 9.95. The highest BCUT2D eigenvalue weighted by Crippen LogP contribution is 2.44. The number of alkyl halides is 3. The Bertz CT molecular complexity index is 1320. The minimum atomic E-state index is -4.77. The number of anilines is 1. The molecule has 0 radical (unpaired) electrons. The van der Waals surface area contributed by atoms with Gasteiger partial charge in [0, 0.05) is 34.0 Å². The number of primary amides is 1. The van der Waals surface area contributed by atoms with Crippen molar-refractivity contribution in [1.29, 1.82) is 0 Å². The van der Waals surface area contributed by atoms with Crippen LogP contribution in [0.25, 0.3) is 22.2 Å². The predicted molar refractivity (Wildman–Crippen MR) is 106 cm³/mol. The van der Waals surface area contributed by atoms with E-state index in [1.807, 2.05) is 24.3 Å². The van der Waals surface area contributed by atoms with E-state index in [2.05, 4.69) is 25.2 Å². The number of para-hydroxylation sites is 1. The van der Waals surface area contributed by atoms with Gasteiger partial charge >= 0.3 is 6.36 Å². The molecule has 1 unspecified atom stereocenters. The highest BCUT2D eigenvalue weighted by molar-refractivity contribution is 6.10. The smallest absolute Gasteiger partial charge is 0.406 e. The number of amides is 1. The molecule has 2 aromatic heterocycles. The number of rotatable bonds is 3. The van der Waals surface area contributed by atoms with E-state index in [0.29, 0.717) is 22.2 Å². The Labute approximate surface area is 173 Å². The molecule has 1 atom stereocenters. The molecule has 0 fully saturated rings. The fourth-order valence-electron chi connectivity index (χ4n) is 3.88. The first-order chi connectivity index (χ1) is 14.8. The van der Waals surface area contributed by atoms with Crippen LogP contribution < -0.4 is 15.8 Å². The number of fused-ring (bicyclic) bond motifs is 2. The van der Waals surface area contributed by atoms with Crippen molar-refractivity contribution >= 4 is 22.6 Å². The van der Waals surface area contributed by atoms with Gasteiger partial charge in [0.25, 0.3) is 5.91 Å². The lowest BCUT2D eigenvalue weighted by Crippen LogP contribution is -2.17. The molecule has 1 aliphatic rings. The van der Waals surface area contributed by atoms with Crippen molar-refractivity contribution in [3.8, 4) is 16.9 Å². The lowest BCUT2D eigenvalue weighted by Gasteiger charge is -2.20. The lowest BCUT2D eigenvalue weighted by molar-refractivity contribution is -0.274. The van der Waals surface area contributed by atoms with Gasteiger partial charge in [0.15, 0.2) is 11.3 Å². The van der Waals surface area contributed by atoms with Crippen molar-refractivity contribution in [2.24, 2.45) is 5.73 Å². The molecular formula is C21H14F3N5O2. The molecule has 4 aromatic rings. The highest BCUT2D eigenvalue weighted by atomic mass is 19.4. The SMILES string of the molecule is NC(=O)c1nnc2[nH]cc3c2c1-c1ccccc1NC3c1ccc(OC(F)(F)F)cc1. The quantitative estimate of drug-likeness (QED) is 0.458. The van der Waals surface area contributed by atoms with Gasteiger partial charge in [-0.15, -0.1) is 23.4 Å². The normalized spacial score (nSPS) is 15.1. The summed E-state index contributed by atoms with van der Waals surface area (Å²) in [6.07, 6.45) is -3.03. The Morgan fingerprint density at radius 1 is 1.06 bits per heavy atom. The number of halogens is 3. The summed E-state index contributed by atoms with van der Waals surface area (Å²) >= 11 is 0. The van der Waals surface area contributed by atoms with Crippen LogP contribution in [0.15, 0.2) is 54.7 Å². The third-order valence-electron chi connectivity index (χ3n) is 5.11. The largest absolute Gasteiger partial charge is 0.573 e. The third kappa shape index (κ3) is 3.21. The minimum Gasteiger partial charge on any atom is -0.406 e. The van der Waals surface area contributed by atoms with Gasteiger partial charge in [0.2, 0.25) is 0 Å². The molecule has 4 N–H and O–H groups in total. The Morgan fingerprint density at radius 3 is 2.52 bits per heavy atom. The summed E-state index contributed by atoms with van der Waals surface area (Å²) in [7, 11) is 0. The van der Waals surface area contributed by atoms with Crippen LogP contribution in [0.3, 0.4) is 0 Å². The molecule has 156 valence electrons. The Hall–Kier alpha value is -4.08. The zero-order chi connectivity index (χ0) is 21.8. The highest BCUT2D eigenvalue weighted by Gasteiger charge is 2.32. The number of benzene rings is 2. The molecule has 5 rings (SSSR count). The Kier molecular flexibility index (Phi) is 4.10. The van der Waals surface area contributed by atoms with Gasteiger partial charge in [-0.1, -0.05) is 30.3 Å². The Balaban J connectivity index is 1.71. The van der Waals surface area contributed by atoms with Gasteiger partial charge in [0.1, 0.15) is 5.75 Å². The second kappa shape index (κ2) is 6.73. The number of aromatic amines is 1. The standard InChI is InChI=1S/C21H14F3N5O2/c22-21(23,24)31-11-7-5-10(6-8-11)17-13-9-26-20-16(13)15(18(19(25)30)28-29-20)12-3-1-2-4-14(12)27-17/h1-9,17,27H,(H2,25,30)(H,26,29). The maximum absolute atomic E-state index is 12.5. The average Bonchev–Trinajstić information content (AvgIpc) is 3.08. The van der Waals surface area contributed by atoms with Gasteiger partial charge in [-0.05, 0) is 23.8 Å². The summed E-state index contributed by atoms with van der Waals surface area (Å²) in [5, 5.41) is 12.2. The molecule has 1 amide bonds. The van der Waals surface area contributed by atoms with Gasteiger partial charge in [-0.2, -0.15) is 0 Å². The molecule has 0 saturated heterocycles. The first-order valence-electron chi connectivity index (χ1n) is 9.21. The number of carbonyl (C=O) groups excluding carboxylic acids is 1. The van der Waals surface area contributed by atoms with Gasteiger partial charge in [-0.25, -0.2) is 0 Å². The summed E-state index contributed by atoms with van der Waals surface area (Å²) in [5.41, 5.74) is 9.51. The van der Waals surface area contributed by atoms with E-state index in [0.717, 1.165) is 16.8 Å². The number of carbonyl (C=O) groups is 1. The molecule has 0 spiro atoms. The number of nitrogens with zero attached hydrogens (tertiary/aromatic N) is 2. The first kappa shape index (κ1) is 18.9. The van der Waals surface area contributed by atoms with E-state index in [1.165, 1.54) is 12.1 Å². The number of ether oxygens (including phenoxy) is 1. The fourth-order valence-corrected chi connectivity index (χ4v) is 3.88. The van der Waals surface area contributed by atoms with Crippen LogP contribution in [-0.2, 0) is 0 Å². The molecular weight excluding hydrogens is 411 g/mol. The minimum absolute atomic E-state index is 0.0391. The molecule has 0 bridgehead atoms. The second-order valence-electron chi connectivity index (χ2n) is 7.00. The number of hydrogen-bond donors (Lipinski definition) is 3. The maximum atomic E-state index is 12.5. The molecule has 0 aliphatic carbocycles. The number of nitrogens with one attached hydrogen (secondary N) is 2. The molecule has 7 nitrogen and oxygen atoms in total. The monoisotopic (exact) mass is 425 g/mol. The van der Waals surface area contributed by atoms with E-state index >= 15 is 0 Å². The zero-order valence-corrected chi connectivity index (χ0v) is 15.7. The van der Waals surface area contributed by atoms with E-state index in [-0.39, 0.29) is 11.4 Å². The number of aromatic nitrogens is 3. The van der Waals surface area contributed by atoms with E-state index < -0.39 is 18.3 Å². The zero-order valence-electron chi connectivity index (χ0n) is 15.7. The van der Waals surface area contributed by atoms with Crippen molar-refractivity contribution < 1.29 is 22.7 Å². The van der Waals surface area contributed by atoms with Crippen LogP contribution in [-0.4, -0.2) is 27.5 Å². The van der Waals surface area contributed by atoms with Crippen molar-refractivity contribution in [1.82, 2.24) is 15.2 Å². The van der Waals surface area contributed by atoms with Crippen molar-refractivity contribution in [3.63, 3.8) is 0 Å². The van der Waals surface area contributed by atoms with Gasteiger partial charge < -0.3 is 20.8 Å². The van der Waals surface area contributed by atoms with Gasteiger partial charge in [-0.3, -0.25) is 4.79 Å². The number of nitrogens with two attached hydrogens (primary N) is 1. The third-order valence-corrected chi connectivity index (χ3v) is 5.11. The van der Waals surface area contributed by atoms with E-state index in [9.17, 15) is 18.0 Å². The van der Waals surface area contributed by atoms with Crippen LogP contribution in [0.5, 0.6) is 5.75 Å². The van der Waals surface area contributed by atoms with Crippen LogP contribution in [0.1, 0.15) is 27.7 Å². The molecule has 1 aliphatic heterocycles. The summed E-state index contributed by atoms with van der Waals surface area (Å²) in [6, 6.07) is 12.5. The van der Waals surface area contributed by atoms with E-state index in [4.69, 9.17) is 5.73 Å².